The first-order chi connectivity index (χ1) is 12.2. The van der Waals surface area contributed by atoms with Gasteiger partial charge in [0.1, 0.15) is 5.75 Å². The molecule has 1 N–H and O–H groups in total. The van der Waals surface area contributed by atoms with Gasteiger partial charge >= 0.3 is 6.03 Å². The van der Waals surface area contributed by atoms with Crippen LogP contribution in [0.2, 0.25) is 0 Å². The van der Waals surface area contributed by atoms with Crippen molar-refractivity contribution in [2.75, 3.05) is 20.2 Å². The van der Waals surface area contributed by atoms with Gasteiger partial charge in [0.15, 0.2) is 0 Å². The molecule has 4 aliphatic carbocycles. The van der Waals surface area contributed by atoms with E-state index in [2.05, 4.69) is 5.32 Å². The average Bonchev–Trinajstić information content (AvgIpc) is 2.61. The fraction of sp³-hybridized carbons (Fsp3) is 0.667. The molecule has 4 nitrogen and oxygen atoms in total. The van der Waals surface area contributed by atoms with Crippen molar-refractivity contribution in [3.05, 3.63) is 30.3 Å². The lowest BCUT2D eigenvalue weighted by molar-refractivity contribution is -0.0107. The predicted octanol–water partition coefficient (Wildman–Crippen LogP) is 3.92. The van der Waals surface area contributed by atoms with E-state index in [-0.39, 0.29) is 6.03 Å². The second kappa shape index (κ2) is 7.27. The van der Waals surface area contributed by atoms with E-state index < -0.39 is 0 Å². The van der Waals surface area contributed by atoms with Crippen molar-refractivity contribution in [3.63, 3.8) is 0 Å². The highest BCUT2D eigenvalue weighted by molar-refractivity contribution is 5.74. The second-order valence-corrected chi connectivity index (χ2v) is 8.34. The minimum Gasteiger partial charge on any atom is -0.494 e. The molecule has 4 fully saturated rings. The molecule has 0 heterocycles. The summed E-state index contributed by atoms with van der Waals surface area (Å²) in [6, 6.07) is 10.4. The molecule has 5 rings (SSSR count). The smallest absolute Gasteiger partial charge is 0.317 e. The van der Waals surface area contributed by atoms with Crippen molar-refractivity contribution in [2.45, 2.75) is 44.6 Å². The van der Waals surface area contributed by atoms with Crippen molar-refractivity contribution < 1.29 is 9.53 Å². The molecule has 0 atom stereocenters. The van der Waals surface area contributed by atoms with Crippen molar-refractivity contribution in [1.82, 2.24) is 10.2 Å². The molecule has 0 aromatic heterocycles. The summed E-state index contributed by atoms with van der Waals surface area (Å²) in [6.07, 6.45) is 7.66. The zero-order valence-electron chi connectivity index (χ0n) is 15.2. The Hall–Kier alpha value is -1.71. The van der Waals surface area contributed by atoms with Crippen molar-refractivity contribution >= 4 is 6.03 Å². The molecule has 0 unspecified atom stereocenters. The van der Waals surface area contributed by atoms with Gasteiger partial charge in [0.05, 0.1) is 6.61 Å². The number of nitrogens with one attached hydrogen (secondary N) is 1. The molecule has 0 spiro atoms. The minimum absolute atomic E-state index is 0.0946. The first-order valence-electron chi connectivity index (χ1n) is 9.88. The lowest BCUT2D eigenvalue weighted by Gasteiger charge is -2.54. The van der Waals surface area contributed by atoms with Crippen LogP contribution in [0.3, 0.4) is 0 Å². The topological polar surface area (TPSA) is 41.6 Å². The van der Waals surface area contributed by atoms with Crippen molar-refractivity contribution in [2.24, 2.45) is 23.7 Å². The molecule has 0 aliphatic heterocycles. The summed E-state index contributed by atoms with van der Waals surface area (Å²) >= 11 is 0. The Morgan fingerprint density at radius 3 is 2.36 bits per heavy atom. The normalized spacial score (nSPS) is 32.4. The van der Waals surface area contributed by atoms with Gasteiger partial charge in [-0.2, -0.15) is 0 Å². The zero-order valence-corrected chi connectivity index (χ0v) is 15.2. The Bertz CT molecular complexity index is 561. The maximum absolute atomic E-state index is 12.6. The number of benzene rings is 1. The molecular weight excluding hydrogens is 312 g/mol. The Labute approximate surface area is 150 Å². The molecule has 136 valence electrons. The number of para-hydroxylation sites is 1. The van der Waals surface area contributed by atoms with E-state index in [0.717, 1.165) is 42.4 Å². The highest BCUT2D eigenvalue weighted by Crippen LogP contribution is 2.53. The molecule has 0 radical (unpaired) electrons. The van der Waals surface area contributed by atoms with Gasteiger partial charge < -0.3 is 15.0 Å². The summed E-state index contributed by atoms with van der Waals surface area (Å²) in [7, 11) is 1.90. The zero-order chi connectivity index (χ0) is 17.2. The molecule has 4 heteroatoms. The first-order valence-corrected chi connectivity index (χ1v) is 9.88. The van der Waals surface area contributed by atoms with Crippen molar-refractivity contribution in [1.29, 1.82) is 0 Å². The lowest BCUT2D eigenvalue weighted by atomic mass is 9.54. The van der Waals surface area contributed by atoms with Gasteiger partial charge in [0.2, 0.25) is 0 Å². The standard InChI is InChI=1S/C21H30N2O2/c1-23(8-5-9-25-19-6-3-2-4-7-19)21(24)22-20-17-11-15-10-16(13-17)14-18(20)12-15/h2-4,6-7,15-18,20H,5,8-14H2,1H3,(H,22,24). The lowest BCUT2D eigenvalue weighted by Crippen LogP contribution is -2.57. The summed E-state index contributed by atoms with van der Waals surface area (Å²) in [5.74, 6) is 4.25. The summed E-state index contributed by atoms with van der Waals surface area (Å²) in [4.78, 5) is 14.4. The monoisotopic (exact) mass is 342 g/mol. The van der Waals surface area contributed by atoms with E-state index in [1.165, 1.54) is 32.1 Å². The number of carbonyl (C=O) groups is 1. The highest BCUT2D eigenvalue weighted by Gasteiger charge is 2.48. The molecule has 2 amide bonds. The Morgan fingerprint density at radius 2 is 1.72 bits per heavy atom. The van der Waals surface area contributed by atoms with Crippen LogP contribution in [-0.4, -0.2) is 37.2 Å². The van der Waals surface area contributed by atoms with Crippen LogP contribution in [0.4, 0.5) is 4.79 Å². The Morgan fingerprint density at radius 1 is 1.08 bits per heavy atom. The third kappa shape index (κ3) is 3.78. The number of hydrogen-bond acceptors (Lipinski definition) is 2. The van der Waals surface area contributed by atoms with Crippen LogP contribution in [-0.2, 0) is 0 Å². The predicted molar refractivity (Wildman–Crippen MR) is 98.5 cm³/mol. The molecule has 0 saturated heterocycles. The summed E-state index contributed by atoms with van der Waals surface area (Å²) in [5.41, 5.74) is 0. The molecule has 4 bridgehead atoms. The van der Waals surface area contributed by atoms with Crippen LogP contribution in [0.25, 0.3) is 0 Å². The number of ether oxygens (including phenoxy) is 1. The molecule has 4 saturated carbocycles. The molecule has 1 aromatic carbocycles. The van der Waals surface area contributed by atoms with Crippen LogP contribution in [0.15, 0.2) is 30.3 Å². The first kappa shape index (κ1) is 16.7. The van der Waals surface area contributed by atoms with E-state index in [1.54, 1.807) is 0 Å². The third-order valence-corrected chi connectivity index (χ3v) is 6.51. The maximum atomic E-state index is 12.6. The van der Waals surface area contributed by atoms with Gasteiger partial charge in [-0.15, -0.1) is 0 Å². The van der Waals surface area contributed by atoms with E-state index in [1.807, 2.05) is 42.3 Å². The van der Waals surface area contributed by atoms with E-state index >= 15 is 0 Å². The van der Waals surface area contributed by atoms with Gasteiger partial charge in [-0.1, -0.05) is 18.2 Å². The molecular formula is C21H30N2O2. The van der Waals surface area contributed by atoms with Gasteiger partial charge in [0, 0.05) is 19.6 Å². The van der Waals surface area contributed by atoms with Crippen LogP contribution in [0.5, 0.6) is 5.75 Å². The van der Waals surface area contributed by atoms with E-state index in [4.69, 9.17) is 4.74 Å². The van der Waals surface area contributed by atoms with Gasteiger partial charge in [-0.05, 0) is 74.3 Å². The number of carbonyl (C=O) groups excluding carboxylic acids is 1. The Balaban J connectivity index is 1.20. The summed E-state index contributed by atoms with van der Waals surface area (Å²) in [6.45, 7) is 1.37. The summed E-state index contributed by atoms with van der Waals surface area (Å²) < 4.78 is 5.71. The fourth-order valence-corrected chi connectivity index (χ4v) is 5.52. The number of urea groups is 1. The number of hydrogen-bond donors (Lipinski definition) is 1. The Kier molecular flexibility index (Phi) is 4.87. The van der Waals surface area contributed by atoms with Crippen LogP contribution in [0, 0.1) is 23.7 Å². The van der Waals surface area contributed by atoms with E-state index in [0.29, 0.717) is 12.6 Å². The van der Waals surface area contributed by atoms with Crippen molar-refractivity contribution in [3.8, 4) is 5.75 Å². The van der Waals surface area contributed by atoms with Crippen LogP contribution < -0.4 is 10.1 Å². The SMILES string of the molecule is CN(CCCOc1ccccc1)C(=O)NC1C2CC3CC(C2)CC1C3. The fourth-order valence-electron chi connectivity index (χ4n) is 5.52. The third-order valence-electron chi connectivity index (χ3n) is 6.51. The number of rotatable bonds is 6. The van der Waals surface area contributed by atoms with Gasteiger partial charge in [0.25, 0.3) is 0 Å². The average molecular weight is 342 g/mol. The molecule has 4 aliphatic rings. The van der Waals surface area contributed by atoms with Gasteiger partial charge in [-0.25, -0.2) is 4.79 Å². The molecule has 25 heavy (non-hydrogen) atoms. The minimum atomic E-state index is 0.0946. The highest BCUT2D eigenvalue weighted by atomic mass is 16.5. The van der Waals surface area contributed by atoms with E-state index in [9.17, 15) is 4.79 Å². The second-order valence-electron chi connectivity index (χ2n) is 8.34. The van der Waals surface area contributed by atoms with Crippen LogP contribution in [0.1, 0.15) is 38.5 Å². The van der Waals surface area contributed by atoms with Crippen LogP contribution >= 0.6 is 0 Å². The maximum Gasteiger partial charge on any atom is 0.317 e. The summed E-state index contributed by atoms with van der Waals surface area (Å²) in [5, 5.41) is 3.37. The molecule has 1 aromatic rings. The largest absolute Gasteiger partial charge is 0.494 e. The number of nitrogens with zero attached hydrogens (tertiary/aromatic N) is 1. The number of amides is 2. The quantitative estimate of drug-likeness (QED) is 0.796. The van der Waals surface area contributed by atoms with Gasteiger partial charge in [-0.3, -0.25) is 0 Å².